The molecule has 0 aliphatic heterocycles. The number of halogens is 1. The van der Waals surface area contributed by atoms with E-state index in [0.29, 0.717) is 18.6 Å². The highest BCUT2D eigenvalue weighted by molar-refractivity contribution is 5.76. The fraction of sp³-hybridized carbons (Fsp3) is 0.533. The highest BCUT2D eigenvalue weighted by Gasteiger charge is 2.12. The van der Waals surface area contributed by atoms with Gasteiger partial charge in [-0.1, -0.05) is 13.3 Å². The number of aliphatic hydroxyl groups excluding tert-OH is 1. The summed E-state index contributed by atoms with van der Waals surface area (Å²) in [7, 11) is 2.05. The lowest BCUT2D eigenvalue weighted by molar-refractivity contribution is 0.267. The molecule has 20 heavy (non-hydrogen) atoms. The van der Waals surface area contributed by atoms with Crippen molar-refractivity contribution in [2.45, 2.75) is 32.9 Å². The van der Waals surface area contributed by atoms with Crippen LogP contribution in [-0.2, 0) is 13.1 Å². The van der Waals surface area contributed by atoms with Gasteiger partial charge in [-0.25, -0.2) is 9.37 Å². The molecule has 0 radical (unpaired) electrons. The van der Waals surface area contributed by atoms with Gasteiger partial charge in [-0.05, 0) is 32.1 Å². The molecule has 0 spiro atoms. The van der Waals surface area contributed by atoms with Crippen molar-refractivity contribution in [2.24, 2.45) is 0 Å². The summed E-state index contributed by atoms with van der Waals surface area (Å²) in [6, 6.07) is 4.60. The number of benzene rings is 1. The Bertz CT molecular complexity index is 567. The molecule has 0 atom stereocenters. The third-order valence-corrected chi connectivity index (χ3v) is 3.42. The van der Waals surface area contributed by atoms with Crippen LogP contribution in [-0.4, -0.2) is 39.8 Å². The van der Waals surface area contributed by atoms with Crippen LogP contribution in [0, 0.1) is 5.82 Å². The van der Waals surface area contributed by atoms with Gasteiger partial charge in [-0.15, -0.1) is 0 Å². The van der Waals surface area contributed by atoms with Gasteiger partial charge in [-0.2, -0.15) is 0 Å². The molecule has 1 heterocycles. The highest BCUT2D eigenvalue weighted by Crippen LogP contribution is 2.18. The molecule has 5 heteroatoms. The molecule has 0 bridgehead atoms. The maximum Gasteiger partial charge on any atom is 0.125 e. The number of fused-ring (bicyclic) bond motifs is 1. The molecule has 1 aromatic heterocycles. The number of aromatic nitrogens is 2. The Kier molecular flexibility index (Phi) is 5.09. The van der Waals surface area contributed by atoms with Gasteiger partial charge >= 0.3 is 0 Å². The molecule has 4 nitrogen and oxygen atoms in total. The largest absolute Gasteiger partial charge is 0.395 e. The van der Waals surface area contributed by atoms with Gasteiger partial charge < -0.3 is 9.67 Å². The molecular formula is C15H22FN3O. The summed E-state index contributed by atoms with van der Waals surface area (Å²) in [5.41, 5.74) is 1.52. The molecule has 0 aliphatic carbocycles. The van der Waals surface area contributed by atoms with Crippen LogP contribution in [0.25, 0.3) is 11.0 Å². The average molecular weight is 279 g/mol. The minimum absolute atomic E-state index is 0.0501. The second-order valence-electron chi connectivity index (χ2n) is 5.13. The Labute approximate surface area is 118 Å². The molecule has 110 valence electrons. The van der Waals surface area contributed by atoms with Crippen LogP contribution in [0.15, 0.2) is 18.2 Å². The number of nitrogens with zero attached hydrogens (tertiary/aromatic N) is 3. The van der Waals surface area contributed by atoms with E-state index < -0.39 is 0 Å². The predicted molar refractivity (Wildman–Crippen MR) is 78.0 cm³/mol. The summed E-state index contributed by atoms with van der Waals surface area (Å²) in [6.07, 6.45) is 2.30. The van der Waals surface area contributed by atoms with E-state index in [1.807, 2.05) is 4.57 Å². The van der Waals surface area contributed by atoms with Crippen molar-refractivity contribution >= 4 is 11.0 Å². The normalized spacial score (nSPS) is 11.7. The summed E-state index contributed by atoms with van der Waals surface area (Å²) in [4.78, 5) is 6.71. The standard InChI is InChI=1S/C15H22FN3O/c1-3-4-7-18(2)11-15-17-13-10-12(16)5-6-14(13)19(15)8-9-20/h5-6,10,20H,3-4,7-9,11H2,1-2H3. The van der Waals surface area contributed by atoms with Crippen LogP contribution in [0.1, 0.15) is 25.6 Å². The summed E-state index contributed by atoms with van der Waals surface area (Å²) in [6.45, 7) is 4.41. The summed E-state index contributed by atoms with van der Waals surface area (Å²) < 4.78 is 15.3. The molecular weight excluding hydrogens is 257 g/mol. The van der Waals surface area contributed by atoms with Crippen molar-refractivity contribution in [1.29, 1.82) is 0 Å². The van der Waals surface area contributed by atoms with Gasteiger partial charge in [0.15, 0.2) is 0 Å². The summed E-state index contributed by atoms with van der Waals surface area (Å²) in [5, 5.41) is 9.22. The van der Waals surface area contributed by atoms with Crippen LogP contribution in [0.2, 0.25) is 0 Å². The fourth-order valence-corrected chi connectivity index (χ4v) is 2.37. The van der Waals surface area contributed by atoms with Crippen molar-refractivity contribution < 1.29 is 9.50 Å². The molecule has 1 N–H and O–H groups in total. The smallest absolute Gasteiger partial charge is 0.125 e. The maximum absolute atomic E-state index is 13.3. The number of imidazole rings is 1. The van der Waals surface area contributed by atoms with Gasteiger partial charge in [0.2, 0.25) is 0 Å². The molecule has 0 fully saturated rings. The predicted octanol–water partition coefficient (Wildman–Crippen LogP) is 2.40. The first-order valence-corrected chi connectivity index (χ1v) is 7.09. The number of rotatable bonds is 7. The van der Waals surface area contributed by atoms with Crippen molar-refractivity contribution in [3.05, 3.63) is 29.8 Å². The van der Waals surface area contributed by atoms with Crippen molar-refractivity contribution in [3.8, 4) is 0 Å². The molecule has 0 saturated carbocycles. The van der Waals surface area contributed by atoms with Gasteiger partial charge in [0.25, 0.3) is 0 Å². The maximum atomic E-state index is 13.3. The molecule has 0 saturated heterocycles. The summed E-state index contributed by atoms with van der Waals surface area (Å²) in [5.74, 6) is 0.593. The monoisotopic (exact) mass is 279 g/mol. The number of hydrogen-bond donors (Lipinski definition) is 1. The van der Waals surface area contributed by atoms with Gasteiger partial charge in [0, 0.05) is 12.6 Å². The highest BCUT2D eigenvalue weighted by atomic mass is 19.1. The van der Waals surface area contributed by atoms with Crippen LogP contribution in [0.5, 0.6) is 0 Å². The second kappa shape index (κ2) is 6.81. The SMILES string of the molecule is CCCCN(C)Cc1nc2cc(F)ccc2n1CCO. The second-order valence-corrected chi connectivity index (χ2v) is 5.13. The van der Waals surface area contributed by atoms with E-state index in [0.717, 1.165) is 30.7 Å². The van der Waals surface area contributed by atoms with Crippen LogP contribution in [0.3, 0.4) is 0 Å². The first-order chi connectivity index (χ1) is 9.65. The zero-order valence-corrected chi connectivity index (χ0v) is 12.1. The van der Waals surface area contributed by atoms with E-state index in [4.69, 9.17) is 0 Å². The molecule has 2 rings (SSSR count). The topological polar surface area (TPSA) is 41.3 Å². The first-order valence-electron chi connectivity index (χ1n) is 7.09. The van der Waals surface area contributed by atoms with Crippen LogP contribution in [0.4, 0.5) is 4.39 Å². The minimum Gasteiger partial charge on any atom is -0.395 e. The zero-order chi connectivity index (χ0) is 14.5. The van der Waals surface area contributed by atoms with E-state index in [2.05, 4.69) is 23.9 Å². The third kappa shape index (κ3) is 3.35. The van der Waals surface area contributed by atoms with E-state index >= 15 is 0 Å². The molecule has 0 aliphatic rings. The first kappa shape index (κ1) is 14.9. The minimum atomic E-state index is -0.281. The molecule has 0 amide bonds. The van der Waals surface area contributed by atoms with E-state index in [1.165, 1.54) is 12.1 Å². The van der Waals surface area contributed by atoms with Crippen LogP contribution < -0.4 is 0 Å². The fourth-order valence-electron chi connectivity index (χ4n) is 2.37. The zero-order valence-electron chi connectivity index (χ0n) is 12.1. The number of hydrogen-bond acceptors (Lipinski definition) is 3. The molecule has 1 aromatic carbocycles. The van der Waals surface area contributed by atoms with Crippen molar-refractivity contribution in [3.63, 3.8) is 0 Å². The Morgan fingerprint density at radius 1 is 1.40 bits per heavy atom. The Hall–Kier alpha value is -1.46. The molecule has 0 unspecified atom stereocenters. The lowest BCUT2D eigenvalue weighted by Gasteiger charge is -2.16. The van der Waals surface area contributed by atoms with Crippen LogP contribution >= 0.6 is 0 Å². The average Bonchev–Trinajstić information content (AvgIpc) is 2.74. The van der Waals surface area contributed by atoms with E-state index in [-0.39, 0.29) is 12.4 Å². The third-order valence-electron chi connectivity index (χ3n) is 3.42. The lowest BCUT2D eigenvalue weighted by Crippen LogP contribution is -2.22. The quantitative estimate of drug-likeness (QED) is 0.846. The van der Waals surface area contributed by atoms with Crippen molar-refractivity contribution in [2.75, 3.05) is 20.2 Å². The van der Waals surface area contributed by atoms with E-state index in [1.54, 1.807) is 6.07 Å². The van der Waals surface area contributed by atoms with E-state index in [9.17, 15) is 9.50 Å². The lowest BCUT2D eigenvalue weighted by atomic mass is 10.3. The van der Waals surface area contributed by atoms with Gasteiger partial charge in [-0.3, -0.25) is 4.90 Å². The Morgan fingerprint density at radius 3 is 2.90 bits per heavy atom. The summed E-state index contributed by atoms with van der Waals surface area (Å²) >= 11 is 0. The Balaban J connectivity index is 2.28. The van der Waals surface area contributed by atoms with Gasteiger partial charge in [0.1, 0.15) is 11.6 Å². The van der Waals surface area contributed by atoms with Gasteiger partial charge in [0.05, 0.1) is 24.2 Å². The number of aliphatic hydroxyl groups is 1. The Morgan fingerprint density at radius 2 is 2.20 bits per heavy atom. The molecule has 2 aromatic rings. The number of unbranched alkanes of at least 4 members (excludes halogenated alkanes) is 1. The van der Waals surface area contributed by atoms with Crippen molar-refractivity contribution in [1.82, 2.24) is 14.5 Å².